The summed E-state index contributed by atoms with van der Waals surface area (Å²) in [6.07, 6.45) is 5.78. The van der Waals surface area contributed by atoms with Crippen LogP contribution in [0.25, 0.3) is 11.1 Å². The van der Waals surface area contributed by atoms with Crippen LogP contribution in [0, 0.1) is 0 Å². The number of allylic oxidation sites excluding steroid dienone is 1. The Labute approximate surface area is 194 Å². The fraction of sp³-hybridized carbons (Fsp3) is 0.296. The highest BCUT2D eigenvalue weighted by molar-refractivity contribution is 5.62. The molecule has 0 aliphatic carbocycles. The zero-order valence-corrected chi connectivity index (χ0v) is 18.7. The molecule has 2 heterocycles. The summed E-state index contributed by atoms with van der Waals surface area (Å²) in [5, 5.41) is 22.6. The van der Waals surface area contributed by atoms with Crippen LogP contribution in [0.15, 0.2) is 84.8 Å². The van der Waals surface area contributed by atoms with Crippen molar-refractivity contribution in [2.45, 2.75) is 44.7 Å². The highest BCUT2D eigenvalue weighted by Crippen LogP contribution is 2.25. The van der Waals surface area contributed by atoms with Crippen LogP contribution in [-0.4, -0.2) is 40.3 Å². The Morgan fingerprint density at radius 3 is 2.73 bits per heavy atom. The number of nitrogens with one attached hydrogen (secondary N) is 1. The van der Waals surface area contributed by atoms with E-state index in [0.717, 1.165) is 23.2 Å². The first-order valence-electron chi connectivity index (χ1n) is 11.2. The molecule has 3 N–H and O–H groups in total. The van der Waals surface area contributed by atoms with Gasteiger partial charge in [-0.2, -0.15) is 0 Å². The topological polar surface area (TPSA) is 83.8 Å². The van der Waals surface area contributed by atoms with Crippen LogP contribution in [0.5, 0.6) is 5.75 Å². The van der Waals surface area contributed by atoms with Crippen molar-refractivity contribution in [2.75, 3.05) is 11.9 Å². The summed E-state index contributed by atoms with van der Waals surface area (Å²) in [7, 11) is 0. The van der Waals surface area contributed by atoms with Crippen LogP contribution < -0.4 is 10.1 Å². The van der Waals surface area contributed by atoms with Gasteiger partial charge in [-0.05, 0) is 48.2 Å². The monoisotopic (exact) mass is 446 g/mol. The summed E-state index contributed by atoms with van der Waals surface area (Å²) in [5.41, 5.74) is 5.60. The van der Waals surface area contributed by atoms with Gasteiger partial charge in [-0.25, -0.2) is 0 Å². The quantitative estimate of drug-likeness (QED) is 0.471. The summed E-state index contributed by atoms with van der Waals surface area (Å²) < 4.78 is 11.6. The van der Waals surface area contributed by atoms with E-state index in [1.807, 2.05) is 42.7 Å². The van der Waals surface area contributed by atoms with Crippen molar-refractivity contribution < 1.29 is 19.7 Å². The fourth-order valence-electron chi connectivity index (χ4n) is 3.88. The first kappa shape index (κ1) is 23.0. The molecule has 33 heavy (non-hydrogen) atoms. The molecule has 6 nitrogen and oxygen atoms in total. The number of benzene rings is 2. The smallest absolute Gasteiger partial charge is 0.202 e. The standard InChI is InChI=1S/C27H30N2O4/c1-19(12-20-7-9-21(10-8-20)22-4-3-11-28-17-22)16-29-23-5-2-6-25(13-23)32-27-15-24(31)14-26(18-30)33-27/h2-11,13,16-17,24,26-27,29-31H,12,14-15,18H2,1H3/b19-16+/t24?,26?,27-/m1/s1. The Bertz CT molecular complexity index is 1050. The normalized spacial score (nSPS) is 20.9. The SMILES string of the molecule is C/C(=C\Nc1cccc(O[C@H]2CC(O)CC(CO)O2)c1)Cc1ccc(-c2cccnc2)cc1. The number of hydrogen-bond acceptors (Lipinski definition) is 6. The zero-order valence-electron chi connectivity index (χ0n) is 18.7. The first-order valence-corrected chi connectivity index (χ1v) is 11.2. The van der Waals surface area contributed by atoms with Crippen LogP contribution in [0.2, 0.25) is 0 Å². The molecule has 172 valence electrons. The van der Waals surface area contributed by atoms with Crippen LogP contribution in [0.1, 0.15) is 25.3 Å². The average molecular weight is 447 g/mol. The molecule has 6 heteroatoms. The Morgan fingerprint density at radius 2 is 1.97 bits per heavy atom. The van der Waals surface area contributed by atoms with E-state index in [1.54, 1.807) is 6.20 Å². The van der Waals surface area contributed by atoms with Gasteiger partial charge in [-0.3, -0.25) is 4.98 Å². The van der Waals surface area contributed by atoms with Crippen molar-refractivity contribution in [3.63, 3.8) is 0 Å². The van der Waals surface area contributed by atoms with E-state index in [4.69, 9.17) is 9.47 Å². The van der Waals surface area contributed by atoms with Gasteiger partial charge in [0.1, 0.15) is 5.75 Å². The molecule has 0 spiro atoms. The highest BCUT2D eigenvalue weighted by atomic mass is 16.7. The molecule has 3 atom stereocenters. The third-order valence-corrected chi connectivity index (χ3v) is 5.57. The van der Waals surface area contributed by atoms with E-state index >= 15 is 0 Å². The average Bonchev–Trinajstić information content (AvgIpc) is 2.83. The maximum Gasteiger partial charge on any atom is 0.202 e. The van der Waals surface area contributed by atoms with Crippen molar-refractivity contribution in [1.29, 1.82) is 0 Å². The number of pyridine rings is 1. The summed E-state index contributed by atoms with van der Waals surface area (Å²) in [5.74, 6) is 0.646. The Hall–Kier alpha value is -3.19. The molecule has 2 unspecified atom stereocenters. The lowest BCUT2D eigenvalue weighted by Crippen LogP contribution is -2.40. The molecule has 1 aliphatic heterocycles. The summed E-state index contributed by atoms with van der Waals surface area (Å²) in [6, 6.07) is 20.2. The third-order valence-electron chi connectivity index (χ3n) is 5.57. The van der Waals surface area contributed by atoms with Gasteiger partial charge in [-0.15, -0.1) is 0 Å². The van der Waals surface area contributed by atoms with Crippen LogP contribution in [0.3, 0.4) is 0 Å². The second kappa shape index (κ2) is 11.1. The molecule has 4 rings (SSSR count). The minimum Gasteiger partial charge on any atom is -0.465 e. The number of hydrogen-bond donors (Lipinski definition) is 3. The van der Waals surface area contributed by atoms with E-state index in [-0.39, 0.29) is 6.61 Å². The minimum atomic E-state index is -0.576. The number of ether oxygens (including phenoxy) is 2. The lowest BCUT2D eigenvalue weighted by Gasteiger charge is -2.32. The van der Waals surface area contributed by atoms with Gasteiger partial charge < -0.3 is 25.0 Å². The van der Waals surface area contributed by atoms with Gasteiger partial charge in [0.15, 0.2) is 0 Å². The Balaban J connectivity index is 1.33. The predicted molar refractivity (Wildman–Crippen MR) is 129 cm³/mol. The second-order valence-corrected chi connectivity index (χ2v) is 8.39. The number of aromatic nitrogens is 1. The Kier molecular flexibility index (Phi) is 7.73. The van der Waals surface area contributed by atoms with Gasteiger partial charge >= 0.3 is 0 Å². The maximum atomic E-state index is 9.96. The number of rotatable bonds is 8. The van der Waals surface area contributed by atoms with Crippen molar-refractivity contribution in [2.24, 2.45) is 0 Å². The largest absolute Gasteiger partial charge is 0.465 e. The van der Waals surface area contributed by atoms with E-state index in [2.05, 4.69) is 47.6 Å². The van der Waals surface area contributed by atoms with Gasteiger partial charge in [-0.1, -0.05) is 42.0 Å². The number of aliphatic hydroxyl groups is 2. The van der Waals surface area contributed by atoms with Crippen LogP contribution in [-0.2, 0) is 11.2 Å². The maximum absolute atomic E-state index is 9.96. The summed E-state index contributed by atoms with van der Waals surface area (Å²) >= 11 is 0. The van der Waals surface area contributed by atoms with Crippen molar-refractivity contribution >= 4 is 5.69 Å². The van der Waals surface area contributed by atoms with Crippen LogP contribution >= 0.6 is 0 Å². The molecule has 0 saturated carbocycles. The lowest BCUT2D eigenvalue weighted by molar-refractivity contribution is -0.184. The van der Waals surface area contributed by atoms with Crippen molar-refractivity contribution in [3.8, 4) is 16.9 Å². The molecule has 0 amide bonds. The van der Waals surface area contributed by atoms with E-state index in [0.29, 0.717) is 18.6 Å². The molecular weight excluding hydrogens is 416 g/mol. The van der Waals surface area contributed by atoms with Crippen LogP contribution in [0.4, 0.5) is 5.69 Å². The zero-order chi connectivity index (χ0) is 23.0. The molecule has 2 aromatic carbocycles. The molecule has 1 aliphatic rings. The molecule has 1 aromatic heterocycles. The van der Waals surface area contributed by atoms with Gasteiger partial charge in [0.25, 0.3) is 0 Å². The predicted octanol–water partition coefficient (Wildman–Crippen LogP) is 4.54. The molecule has 1 saturated heterocycles. The van der Waals surface area contributed by atoms with Crippen molar-refractivity contribution in [1.82, 2.24) is 4.98 Å². The Morgan fingerprint density at radius 1 is 1.12 bits per heavy atom. The highest BCUT2D eigenvalue weighted by Gasteiger charge is 2.29. The van der Waals surface area contributed by atoms with Crippen molar-refractivity contribution in [3.05, 3.63) is 90.4 Å². The van der Waals surface area contributed by atoms with Gasteiger partial charge in [0.2, 0.25) is 6.29 Å². The molecule has 0 radical (unpaired) electrons. The summed E-state index contributed by atoms with van der Waals surface area (Å²) in [4.78, 5) is 4.18. The molecule has 0 bridgehead atoms. The van der Waals surface area contributed by atoms with E-state index < -0.39 is 18.5 Å². The first-order chi connectivity index (χ1) is 16.1. The molecule has 1 fully saturated rings. The second-order valence-electron chi connectivity index (χ2n) is 8.39. The fourth-order valence-corrected chi connectivity index (χ4v) is 3.88. The molecule has 3 aromatic rings. The minimum absolute atomic E-state index is 0.130. The summed E-state index contributed by atoms with van der Waals surface area (Å²) in [6.45, 7) is 1.96. The third kappa shape index (κ3) is 6.65. The van der Waals surface area contributed by atoms with E-state index in [9.17, 15) is 10.2 Å². The number of anilines is 1. The molecular formula is C27H30N2O4. The lowest BCUT2D eigenvalue weighted by atomic mass is 10.0. The van der Waals surface area contributed by atoms with Gasteiger partial charge in [0.05, 0.1) is 18.8 Å². The van der Waals surface area contributed by atoms with E-state index in [1.165, 1.54) is 11.1 Å². The number of aliphatic hydroxyl groups excluding tert-OH is 2. The number of nitrogens with zero attached hydrogens (tertiary/aromatic N) is 1. The van der Waals surface area contributed by atoms with Gasteiger partial charge in [0, 0.05) is 43.2 Å².